The molecular weight excluding hydrogens is 280 g/mol. The van der Waals surface area contributed by atoms with E-state index >= 15 is 0 Å². The highest BCUT2D eigenvalue weighted by Gasteiger charge is 2.59. The van der Waals surface area contributed by atoms with Crippen molar-refractivity contribution in [3.05, 3.63) is 22.4 Å². The minimum absolute atomic E-state index is 0.128. The van der Waals surface area contributed by atoms with Gasteiger partial charge in [0, 0.05) is 11.4 Å². The van der Waals surface area contributed by atoms with Gasteiger partial charge in [0.05, 0.1) is 0 Å². The molecule has 0 bridgehead atoms. The Labute approximate surface area is 130 Å². The third-order valence-electron chi connectivity index (χ3n) is 5.46. The quantitative estimate of drug-likeness (QED) is 0.920. The summed E-state index contributed by atoms with van der Waals surface area (Å²) in [6, 6.07) is 4.24. The lowest BCUT2D eigenvalue weighted by molar-refractivity contribution is -0.131. The van der Waals surface area contributed by atoms with Crippen molar-refractivity contribution >= 4 is 17.2 Å². The molecule has 3 nitrogen and oxygen atoms in total. The van der Waals surface area contributed by atoms with Crippen molar-refractivity contribution in [1.82, 2.24) is 10.2 Å². The lowest BCUT2D eigenvalue weighted by Gasteiger charge is -2.27. The number of amides is 1. The molecule has 1 unspecified atom stereocenters. The highest BCUT2D eigenvalue weighted by Crippen LogP contribution is 2.46. The summed E-state index contributed by atoms with van der Waals surface area (Å²) in [5.74, 6) is 1.20. The number of rotatable bonds is 4. The van der Waals surface area contributed by atoms with Gasteiger partial charge in [-0.25, -0.2) is 0 Å². The molecular formula is C17H24N2OS. The molecule has 1 aromatic heterocycles. The molecule has 2 saturated carbocycles. The van der Waals surface area contributed by atoms with E-state index in [1.807, 2.05) is 0 Å². The molecule has 1 atom stereocenters. The maximum atomic E-state index is 12.7. The van der Waals surface area contributed by atoms with Crippen LogP contribution in [0.4, 0.5) is 0 Å². The number of nitrogens with zero attached hydrogens (tertiary/aromatic N) is 1. The second kappa shape index (κ2) is 5.40. The zero-order valence-corrected chi connectivity index (χ0v) is 13.3. The maximum absolute atomic E-state index is 12.7. The first-order valence-electron chi connectivity index (χ1n) is 8.41. The average molecular weight is 304 g/mol. The molecule has 1 aromatic rings. The molecule has 1 spiro atoms. The van der Waals surface area contributed by atoms with Crippen LogP contribution in [0.5, 0.6) is 0 Å². The number of thiophene rings is 1. The Balaban J connectivity index is 1.46. The van der Waals surface area contributed by atoms with Gasteiger partial charge in [-0.15, -0.1) is 11.3 Å². The Bertz CT molecular complexity index is 503. The van der Waals surface area contributed by atoms with Crippen LogP contribution in [0.25, 0.3) is 0 Å². The standard InChI is InChI=1S/C17H24N2OS/c20-16-17(9-10-17)18-15(14-7-4-12-21-14)19(16)11-8-13-5-2-1-3-6-13/h4,7,12-13,15,18H,1-3,5-6,8-11H2. The van der Waals surface area contributed by atoms with E-state index < -0.39 is 0 Å². The molecule has 2 heterocycles. The van der Waals surface area contributed by atoms with Crippen molar-refractivity contribution in [2.45, 2.75) is 63.1 Å². The predicted molar refractivity (Wildman–Crippen MR) is 85.1 cm³/mol. The summed E-state index contributed by atoms with van der Waals surface area (Å²) in [4.78, 5) is 16.2. The molecule has 1 N–H and O–H groups in total. The van der Waals surface area contributed by atoms with Gasteiger partial charge in [-0.2, -0.15) is 0 Å². The Morgan fingerprint density at radius 3 is 2.76 bits per heavy atom. The van der Waals surface area contributed by atoms with Gasteiger partial charge in [0.15, 0.2) is 0 Å². The van der Waals surface area contributed by atoms with E-state index in [1.165, 1.54) is 43.4 Å². The van der Waals surface area contributed by atoms with Gasteiger partial charge in [0.25, 0.3) is 0 Å². The monoisotopic (exact) mass is 304 g/mol. The minimum atomic E-state index is -0.193. The van der Waals surface area contributed by atoms with E-state index in [1.54, 1.807) is 11.3 Å². The van der Waals surface area contributed by atoms with Crippen molar-refractivity contribution in [3.63, 3.8) is 0 Å². The van der Waals surface area contributed by atoms with Crippen molar-refractivity contribution in [1.29, 1.82) is 0 Å². The lowest BCUT2D eigenvalue weighted by atomic mass is 9.87. The molecule has 0 aromatic carbocycles. The number of nitrogens with one attached hydrogen (secondary N) is 1. The Kier molecular flexibility index (Phi) is 3.54. The van der Waals surface area contributed by atoms with E-state index in [0.717, 1.165) is 25.3 Å². The molecule has 1 amide bonds. The van der Waals surface area contributed by atoms with E-state index in [-0.39, 0.29) is 11.7 Å². The van der Waals surface area contributed by atoms with E-state index in [9.17, 15) is 4.79 Å². The summed E-state index contributed by atoms with van der Waals surface area (Å²) in [6.45, 7) is 0.931. The lowest BCUT2D eigenvalue weighted by Crippen LogP contribution is -2.33. The van der Waals surface area contributed by atoms with Crippen LogP contribution < -0.4 is 5.32 Å². The molecule has 0 radical (unpaired) electrons. The predicted octanol–water partition coefficient (Wildman–Crippen LogP) is 3.68. The van der Waals surface area contributed by atoms with Crippen LogP contribution in [0.2, 0.25) is 0 Å². The summed E-state index contributed by atoms with van der Waals surface area (Å²) in [5, 5.41) is 5.73. The van der Waals surface area contributed by atoms with Crippen LogP contribution in [0.15, 0.2) is 17.5 Å². The number of carbonyl (C=O) groups is 1. The van der Waals surface area contributed by atoms with Gasteiger partial charge in [-0.05, 0) is 36.6 Å². The van der Waals surface area contributed by atoms with Gasteiger partial charge >= 0.3 is 0 Å². The summed E-state index contributed by atoms with van der Waals surface area (Å²) >= 11 is 1.76. The van der Waals surface area contributed by atoms with Gasteiger partial charge in [0.1, 0.15) is 11.7 Å². The van der Waals surface area contributed by atoms with Crippen LogP contribution >= 0.6 is 11.3 Å². The van der Waals surface area contributed by atoms with E-state index in [0.29, 0.717) is 5.91 Å². The highest BCUT2D eigenvalue weighted by molar-refractivity contribution is 7.10. The van der Waals surface area contributed by atoms with Crippen LogP contribution in [0, 0.1) is 5.92 Å². The Hall–Kier alpha value is -0.870. The molecule has 2 aliphatic carbocycles. The Morgan fingerprint density at radius 1 is 1.29 bits per heavy atom. The second-order valence-corrected chi connectivity index (χ2v) is 7.91. The third kappa shape index (κ3) is 2.53. The zero-order chi connectivity index (χ0) is 14.3. The topological polar surface area (TPSA) is 32.3 Å². The van der Waals surface area contributed by atoms with Crippen molar-refractivity contribution in [3.8, 4) is 0 Å². The first-order valence-corrected chi connectivity index (χ1v) is 9.29. The molecule has 21 heavy (non-hydrogen) atoms. The van der Waals surface area contributed by atoms with E-state index in [2.05, 4.69) is 27.7 Å². The van der Waals surface area contributed by atoms with Gasteiger partial charge in [0.2, 0.25) is 5.91 Å². The first kappa shape index (κ1) is 13.8. The molecule has 3 aliphatic rings. The maximum Gasteiger partial charge on any atom is 0.244 e. The first-order chi connectivity index (χ1) is 10.3. The fourth-order valence-electron chi connectivity index (χ4n) is 3.98. The summed E-state index contributed by atoms with van der Waals surface area (Å²) in [6.07, 6.45) is 10.3. The summed E-state index contributed by atoms with van der Waals surface area (Å²) < 4.78 is 0. The van der Waals surface area contributed by atoms with Crippen molar-refractivity contribution < 1.29 is 4.79 Å². The molecule has 114 valence electrons. The zero-order valence-electron chi connectivity index (χ0n) is 12.5. The normalized spacial score (nSPS) is 28.5. The molecule has 4 heteroatoms. The van der Waals surface area contributed by atoms with Crippen molar-refractivity contribution in [2.75, 3.05) is 6.54 Å². The molecule has 1 saturated heterocycles. The van der Waals surface area contributed by atoms with Crippen LogP contribution in [-0.2, 0) is 4.79 Å². The number of carbonyl (C=O) groups excluding carboxylic acids is 1. The average Bonchev–Trinajstić information content (AvgIpc) is 2.99. The van der Waals surface area contributed by atoms with Gasteiger partial charge < -0.3 is 4.90 Å². The SMILES string of the molecule is O=C1N(CCC2CCCCC2)C(c2cccs2)NC12CC2. The van der Waals surface area contributed by atoms with Crippen LogP contribution in [-0.4, -0.2) is 22.9 Å². The van der Waals surface area contributed by atoms with Gasteiger partial charge in [-0.1, -0.05) is 38.2 Å². The molecule has 1 aliphatic heterocycles. The minimum Gasteiger partial charge on any atom is -0.320 e. The number of hydrogen-bond acceptors (Lipinski definition) is 3. The van der Waals surface area contributed by atoms with Crippen LogP contribution in [0.3, 0.4) is 0 Å². The fraction of sp³-hybridized carbons (Fsp3) is 0.706. The highest BCUT2D eigenvalue weighted by atomic mass is 32.1. The fourth-order valence-corrected chi connectivity index (χ4v) is 4.76. The smallest absolute Gasteiger partial charge is 0.244 e. The van der Waals surface area contributed by atoms with Crippen molar-refractivity contribution in [2.24, 2.45) is 5.92 Å². The largest absolute Gasteiger partial charge is 0.320 e. The molecule has 3 fully saturated rings. The molecule has 4 rings (SSSR count). The summed E-state index contributed by atoms with van der Waals surface area (Å²) in [7, 11) is 0. The van der Waals surface area contributed by atoms with Crippen LogP contribution in [0.1, 0.15) is 62.4 Å². The second-order valence-electron chi connectivity index (χ2n) is 6.94. The Morgan fingerprint density at radius 2 is 2.10 bits per heavy atom. The number of hydrogen-bond donors (Lipinski definition) is 1. The van der Waals surface area contributed by atoms with E-state index in [4.69, 9.17) is 0 Å². The third-order valence-corrected chi connectivity index (χ3v) is 6.39. The summed E-state index contributed by atoms with van der Waals surface area (Å²) in [5.41, 5.74) is -0.193. The van der Waals surface area contributed by atoms with Gasteiger partial charge in [-0.3, -0.25) is 10.1 Å².